The summed E-state index contributed by atoms with van der Waals surface area (Å²) in [6.07, 6.45) is 1.08. The third-order valence-corrected chi connectivity index (χ3v) is 2.28. The molecule has 6 nitrogen and oxygen atoms in total. The molecule has 0 aromatic heterocycles. The van der Waals surface area contributed by atoms with Crippen LogP contribution in [0.3, 0.4) is 0 Å². The van der Waals surface area contributed by atoms with Crippen LogP contribution in [0.1, 0.15) is 0 Å². The zero-order chi connectivity index (χ0) is 14.3. The normalized spacial score (nSPS) is 10.6. The summed E-state index contributed by atoms with van der Waals surface area (Å²) in [6.45, 7) is 0. The van der Waals surface area contributed by atoms with E-state index in [-0.39, 0.29) is 5.70 Å². The minimum atomic E-state index is -0.617. The van der Waals surface area contributed by atoms with Crippen LogP contribution in [0, 0.1) is 0 Å². The molecule has 0 fully saturated rings. The number of hydrogen-bond acceptors (Lipinski definition) is 5. The van der Waals surface area contributed by atoms with Crippen LogP contribution in [0.5, 0.6) is 5.75 Å². The first kappa shape index (κ1) is 14.6. The van der Waals surface area contributed by atoms with Crippen LogP contribution in [-0.4, -0.2) is 33.1 Å². The number of likely N-dealkylation sites (N-methyl/N-ethyl adjacent to an activating group) is 1. The number of anilines is 1. The average molecular weight is 264 g/mol. The van der Waals surface area contributed by atoms with Gasteiger partial charge in [-0.3, -0.25) is 4.79 Å². The first-order valence-electron chi connectivity index (χ1n) is 5.53. The maximum Gasteiger partial charge on any atom is 0.332 e. The maximum absolute atomic E-state index is 11.6. The molecule has 0 saturated carbocycles. The number of carbonyl (C=O) groups excluding carboxylic acids is 2. The molecule has 102 valence electrons. The van der Waals surface area contributed by atoms with Crippen LogP contribution >= 0.6 is 0 Å². The van der Waals surface area contributed by atoms with Gasteiger partial charge in [-0.1, -0.05) is 6.07 Å². The minimum Gasteiger partial charge on any atom is -0.497 e. The van der Waals surface area contributed by atoms with Crippen molar-refractivity contribution < 1.29 is 19.1 Å². The highest BCUT2D eigenvalue weighted by Gasteiger charge is 2.10. The Morgan fingerprint density at radius 2 is 2.00 bits per heavy atom. The molecule has 0 aliphatic heterocycles. The summed E-state index contributed by atoms with van der Waals surface area (Å²) >= 11 is 0. The number of hydrogen-bond donors (Lipinski definition) is 2. The van der Waals surface area contributed by atoms with Crippen LogP contribution in [0.2, 0.25) is 0 Å². The van der Waals surface area contributed by atoms with E-state index in [0.29, 0.717) is 11.4 Å². The van der Waals surface area contributed by atoms with Crippen molar-refractivity contribution >= 4 is 17.6 Å². The second-order valence-electron chi connectivity index (χ2n) is 3.52. The van der Waals surface area contributed by atoms with Crippen LogP contribution < -0.4 is 15.4 Å². The van der Waals surface area contributed by atoms with Crippen molar-refractivity contribution in [3.63, 3.8) is 0 Å². The second kappa shape index (κ2) is 7.05. The van der Waals surface area contributed by atoms with Crippen molar-refractivity contribution in [2.24, 2.45) is 0 Å². The van der Waals surface area contributed by atoms with Crippen LogP contribution in [0.4, 0.5) is 5.69 Å². The molecule has 1 aromatic rings. The van der Waals surface area contributed by atoms with Crippen molar-refractivity contribution in [1.29, 1.82) is 0 Å². The molecule has 2 N–H and O–H groups in total. The van der Waals surface area contributed by atoms with Crippen LogP contribution in [-0.2, 0) is 14.3 Å². The highest BCUT2D eigenvalue weighted by molar-refractivity contribution is 6.01. The standard InChI is InChI=1S/C13H16N2O4/c1-14-13(17)11(8-12(16)19-3)15-9-5-4-6-10(7-9)18-2/h4-8,15H,1-3H3,(H,14,17)/b11-8-. The van der Waals surface area contributed by atoms with E-state index in [1.54, 1.807) is 31.4 Å². The smallest absolute Gasteiger partial charge is 0.332 e. The third kappa shape index (κ3) is 4.34. The Morgan fingerprint density at radius 1 is 1.26 bits per heavy atom. The SMILES string of the molecule is CNC(=O)/C(=C/C(=O)OC)Nc1cccc(OC)c1. The number of esters is 1. The van der Waals surface area contributed by atoms with Gasteiger partial charge in [-0.2, -0.15) is 0 Å². The second-order valence-corrected chi connectivity index (χ2v) is 3.52. The highest BCUT2D eigenvalue weighted by Crippen LogP contribution is 2.18. The first-order chi connectivity index (χ1) is 9.10. The molecule has 0 saturated heterocycles. The molecule has 0 bridgehead atoms. The zero-order valence-electron chi connectivity index (χ0n) is 11.0. The lowest BCUT2D eigenvalue weighted by Gasteiger charge is -2.10. The van der Waals surface area contributed by atoms with Crippen molar-refractivity contribution in [2.45, 2.75) is 0 Å². The van der Waals surface area contributed by atoms with Gasteiger partial charge in [0.1, 0.15) is 11.4 Å². The summed E-state index contributed by atoms with van der Waals surface area (Å²) < 4.78 is 9.57. The Labute approximate surface area is 111 Å². The van der Waals surface area contributed by atoms with Gasteiger partial charge in [-0.25, -0.2) is 4.79 Å². The molecule has 0 heterocycles. The van der Waals surface area contributed by atoms with E-state index in [0.717, 1.165) is 6.08 Å². The van der Waals surface area contributed by atoms with Crippen LogP contribution in [0.15, 0.2) is 36.0 Å². The van der Waals surface area contributed by atoms with Crippen molar-refractivity contribution in [1.82, 2.24) is 5.32 Å². The van der Waals surface area contributed by atoms with Gasteiger partial charge in [0.15, 0.2) is 0 Å². The lowest BCUT2D eigenvalue weighted by Crippen LogP contribution is -2.25. The summed E-state index contributed by atoms with van der Waals surface area (Å²) in [4.78, 5) is 22.9. The first-order valence-corrected chi connectivity index (χ1v) is 5.53. The summed E-state index contributed by atoms with van der Waals surface area (Å²) in [5.74, 6) is -0.401. The molecule has 0 radical (unpaired) electrons. The molecule has 6 heteroatoms. The number of ether oxygens (including phenoxy) is 2. The van der Waals surface area contributed by atoms with Gasteiger partial charge in [-0.15, -0.1) is 0 Å². The molecule has 1 rings (SSSR count). The summed E-state index contributed by atoms with van der Waals surface area (Å²) in [7, 11) is 4.26. The molecule has 0 spiro atoms. The van der Waals surface area contributed by atoms with Gasteiger partial charge in [0.05, 0.1) is 20.3 Å². The molecule has 0 aliphatic rings. The van der Waals surface area contributed by atoms with Gasteiger partial charge >= 0.3 is 5.97 Å². The fraction of sp³-hybridized carbons (Fsp3) is 0.231. The summed E-state index contributed by atoms with van der Waals surface area (Å²) in [6, 6.07) is 6.99. The molecule has 0 unspecified atom stereocenters. The van der Waals surface area contributed by atoms with Gasteiger partial charge in [-0.05, 0) is 12.1 Å². The van der Waals surface area contributed by atoms with Crippen molar-refractivity contribution in [3.8, 4) is 5.75 Å². The molecule has 19 heavy (non-hydrogen) atoms. The Balaban J connectivity index is 2.97. The number of amides is 1. The minimum absolute atomic E-state index is 0.0857. The predicted molar refractivity (Wildman–Crippen MR) is 70.8 cm³/mol. The molecule has 0 aliphatic carbocycles. The number of carbonyl (C=O) groups is 2. The van der Waals surface area contributed by atoms with E-state index in [2.05, 4.69) is 15.4 Å². The number of methoxy groups -OCH3 is 2. The van der Waals surface area contributed by atoms with E-state index < -0.39 is 11.9 Å². The van der Waals surface area contributed by atoms with E-state index in [9.17, 15) is 9.59 Å². The molecular formula is C13H16N2O4. The van der Waals surface area contributed by atoms with E-state index in [1.807, 2.05) is 0 Å². The van der Waals surface area contributed by atoms with E-state index in [4.69, 9.17) is 4.74 Å². The maximum atomic E-state index is 11.6. The number of rotatable bonds is 5. The molecule has 0 atom stereocenters. The lowest BCUT2D eigenvalue weighted by atomic mass is 10.2. The fourth-order valence-corrected chi connectivity index (χ4v) is 1.33. The Bertz CT molecular complexity index is 497. The highest BCUT2D eigenvalue weighted by atomic mass is 16.5. The van der Waals surface area contributed by atoms with Crippen molar-refractivity contribution in [2.75, 3.05) is 26.6 Å². The third-order valence-electron chi connectivity index (χ3n) is 2.28. The summed E-state index contributed by atoms with van der Waals surface area (Å²) in [5, 5.41) is 5.27. The monoisotopic (exact) mass is 264 g/mol. The molecule has 1 amide bonds. The number of benzene rings is 1. The largest absolute Gasteiger partial charge is 0.497 e. The zero-order valence-corrected chi connectivity index (χ0v) is 11.0. The topological polar surface area (TPSA) is 76.7 Å². The van der Waals surface area contributed by atoms with Gasteiger partial charge in [0.2, 0.25) is 0 Å². The predicted octanol–water partition coefficient (Wildman–Crippen LogP) is 0.910. The summed E-state index contributed by atoms with van der Waals surface area (Å²) in [5.41, 5.74) is 0.709. The van der Waals surface area contributed by atoms with Crippen LogP contribution in [0.25, 0.3) is 0 Å². The van der Waals surface area contributed by atoms with Gasteiger partial charge in [0.25, 0.3) is 5.91 Å². The van der Waals surface area contributed by atoms with E-state index in [1.165, 1.54) is 14.2 Å². The quantitative estimate of drug-likeness (QED) is 0.610. The van der Waals surface area contributed by atoms with Gasteiger partial charge in [0, 0.05) is 18.8 Å². The Kier molecular flexibility index (Phi) is 5.40. The molecule has 1 aromatic carbocycles. The fourth-order valence-electron chi connectivity index (χ4n) is 1.33. The Morgan fingerprint density at radius 3 is 2.58 bits per heavy atom. The lowest BCUT2D eigenvalue weighted by molar-refractivity contribution is -0.135. The number of nitrogens with one attached hydrogen (secondary N) is 2. The van der Waals surface area contributed by atoms with E-state index >= 15 is 0 Å². The Hall–Kier alpha value is -2.50. The van der Waals surface area contributed by atoms with Gasteiger partial charge < -0.3 is 20.1 Å². The van der Waals surface area contributed by atoms with Crippen molar-refractivity contribution in [3.05, 3.63) is 36.0 Å². The molecular weight excluding hydrogens is 248 g/mol. The average Bonchev–Trinajstić information content (AvgIpc) is 2.45.